The van der Waals surface area contributed by atoms with Gasteiger partial charge in [0.2, 0.25) is 0 Å². The van der Waals surface area contributed by atoms with Gasteiger partial charge in [-0.05, 0) is 12.8 Å². The van der Waals surface area contributed by atoms with Crippen molar-refractivity contribution in [2.45, 2.75) is 50.1 Å². The zero-order valence-electron chi connectivity index (χ0n) is 14.1. The zero-order chi connectivity index (χ0) is 22.0. The fourth-order valence-electron chi connectivity index (χ4n) is 1.51. The van der Waals surface area contributed by atoms with Crippen LogP contribution in [0, 0.1) is 0 Å². The van der Waals surface area contributed by atoms with Crippen molar-refractivity contribution < 1.29 is 68.9 Å². The lowest BCUT2D eigenvalue weighted by Gasteiger charge is -2.12. The number of hydrogen-bond donors (Lipinski definition) is 6. The first-order chi connectivity index (χ1) is 12.9. The molecular weight excluding hydrogens is 392 g/mol. The van der Waals surface area contributed by atoms with Crippen LogP contribution >= 0.6 is 0 Å². The maximum absolute atomic E-state index is 11.3. The van der Waals surface area contributed by atoms with Crippen molar-refractivity contribution in [1.29, 1.82) is 0 Å². The fraction of sp³-hybridized carbons (Fsp3) is 0.571. The first-order valence-corrected chi connectivity index (χ1v) is 7.55. The van der Waals surface area contributed by atoms with E-state index in [1.807, 2.05) is 0 Å². The molecule has 0 saturated heterocycles. The topological polar surface area (TPSA) is 242 Å². The Hall–Kier alpha value is -2.94. The normalized spacial score (nSPS) is 14.9. The number of aliphatic carboxylic acids is 2. The zero-order valence-corrected chi connectivity index (χ0v) is 14.1. The average molecular weight is 410 g/mol. The summed E-state index contributed by atoms with van der Waals surface area (Å²) in [7, 11) is 0. The molecule has 158 valence electrons. The summed E-state index contributed by atoms with van der Waals surface area (Å²) in [5.41, 5.74) is 0. The highest BCUT2D eigenvalue weighted by Crippen LogP contribution is 2.06. The highest BCUT2D eigenvalue weighted by molar-refractivity contribution is 5.92. The first kappa shape index (κ1) is 25.1. The quantitative estimate of drug-likeness (QED) is 0.109. The standard InChI is InChI=1S/C14H18O14/c15-5(27-13(25)9(19)7(17)11(21)22)3-1-2-4-6(16)28-14(26)10(20)8(18)12(23)24/h7-10,17-20H,1-4H2,(H,21,22)(H,23,24). The fourth-order valence-corrected chi connectivity index (χ4v) is 1.51. The molecule has 0 aliphatic carbocycles. The number of carboxylic acids is 2. The number of rotatable bonds is 11. The van der Waals surface area contributed by atoms with Crippen molar-refractivity contribution in [1.82, 2.24) is 0 Å². The van der Waals surface area contributed by atoms with Gasteiger partial charge in [0, 0.05) is 12.8 Å². The number of hydrogen-bond acceptors (Lipinski definition) is 12. The van der Waals surface area contributed by atoms with Crippen molar-refractivity contribution in [2.24, 2.45) is 0 Å². The van der Waals surface area contributed by atoms with E-state index in [1.165, 1.54) is 0 Å². The van der Waals surface area contributed by atoms with Gasteiger partial charge in [-0.3, -0.25) is 9.59 Å². The van der Waals surface area contributed by atoms with Gasteiger partial charge in [-0.1, -0.05) is 0 Å². The van der Waals surface area contributed by atoms with Crippen molar-refractivity contribution in [2.75, 3.05) is 0 Å². The number of aliphatic hydroxyl groups excluding tert-OH is 4. The molecule has 0 aliphatic heterocycles. The number of carboxylic acid groups (broad SMARTS) is 2. The largest absolute Gasteiger partial charge is 0.479 e. The molecule has 0 aromatic heterocycles. The summed E-state index contributed by atoms with van der Waals surface area (Å²) in [6.45, 7) is 0. The molecule has 0 rings (SSSR count). The van der Waals surface area contributed by atoms with Crippen LogP contribution in [0.15, 0.2) is 0 Å². The van der Waals surface area contributed by atoms with Crippen LogP contribution in [0.4, 0.5) is 0 Å². The third-order valence-corrected chi connectivity index (χ3v) is 3.03. The second kappa shape index (κ2) is 11.7. The van der Waals surface area contributed by atoms with Gasteiger partial charge in [0.15, 0.2) is 24.4 Å². The molecule has 0 saturated carbocycles. The molecule has 0 aromatic carbocycles. The summed E-state index contributed by atoms with van der Waals surface area (Å²) in [6, 6.07) is 0. The maximum Gasteiger partial charge on any atom is 0.346 e. The lowest BCUT2D eigenvalue weighted by molar-refractivity contribution is -0.176. The Kier molecular flexibility index (Phi) is 10.5. The van der Waals surface area contributed by atoms with Crippen LogP contribution < -0.4 is 0 Å². The van der Waals surface area contributed by atoms with Gasteiger partial charge in [-0.15, -0.1) is 0 Å². The number of aliphatic hydroxyl groups is 4. The van der Waals surface area contributed by atoms with Gasteiger partial charge >= 0.3 is 35.8 Å². The Balaban J connectivity index is 4.18. The van der Waals surface area contributed by atoms with Crippen LogP contribution in [-0.2, 0) is 38.2 Å². The minimum Gasteiger partial charge on any atom is -0.479 e. The lowest BCUT2D eigenvalue weighted by atomic mass is 10.2. The van der Waals surface area contributed by atoms with E-state index in [1.54, 1.807) is 0 Å². The molecule has 4 atom stereocenters. The third kappa shape index (κ3) is 8.63. The smallest absolute Gasteiger partial charge is 0.346 e. The summed E-state index contributed by atoms with van der Waals surface area (Å²) in [5.74, 6) is -9.57. The molecule has 14 heteroatoms. The lowest BCUT2D eigenvalue weighted by Crippen LogP contribution is -2.41. The van der Waals surface area contributed by atoms with Crippen LogP contribution in [0.2, 0.25) is 0 Å². The molecule has 0 radical (unpaired) electrons. The Morgan fingerprint density at radius 1 is 0.571 bits per heavy atom. The number of esters is 4. The van der Waals surface area contributed by atoms with Gasteiger partial charge in [0.25, 0.3) is 0 Å². The van der Waals surface area contributed by atoms with Crippen LogP contribution in [0.5, 0.6) is 0 Å². The summed E-state index contributed by atoms with van der Waals surface area (Å²) >= 11 is 0. The van der Waals surface area contributed by atoms with Gasteiger partial charge in [0.1, 0.15) is 0 Å². The predicted octanol–water partition coefficient (Wildman–Crippen LogP) is -3.70. The number of ether oxygens (including phenoxy) is 2. The van der Waals surface area contributed by atoms with E-state index in [0.717, 1.165) is 0 Å². The second-order valence-corrected chi connectivity index (χ2v) is 5.25. The van der Waals surface area contributed by atoms with Crippen LogP contribution in [-0.4, -0.2) is 90.9 Å². The minimum absolute atomic E-state index is 0.0761. The molecule has 6 N–H and O–H groups in total. The monoisotopic (exact) mass is 410 g/mol. The third-order valence-electron chi connectivity index (χ3n) is 3.03. The molecule has 14 nitrogen and oxygen atoms in total. The predicted molar refractivity (Wildman–Crippen MR) is 80.0 cm³/mol. The summed E-state index contributed by atoms with van der Waals surface area (Å²) in [4.78, 5) is 65.8. The minimum atomic E-state index is -2.48. The van der Waals surface area contributed by atoms with E-state index in [0.29, 0.717) is 0 Å². The number of carbonyl (C=O) groups excluding carboxylic acids is 4. The van der Waals surface area contributed by atoms with E-state index in [-0.39, 0.29) is 12.8 Å². The molecule has 0 bridgehead atoms. The molecule has 4 unspecified atom stereocenters. The van der Waals surface area contributed by atoms with Gasteiger partial charge < -0.3 is 40.1 Å². The number of carbonyl (C=O) groups is 6. The molecule has 0 aromatic rings. The van der Waals surface area contributed by atoms with Crippen molar-refractivity contribution in [3.8, 4) is 0 Å². The highest BCUT2D eigenvalue weighted by atomic mass is 16.6. The van der Waals surface area contributed by atoms with Crippen molar-refractivity contribution >= 4 is 35.8 Å². The first-order valence-electron chi connectivity index (χ1n) is 7.55. The Labute approximate surface area is 155 Å². The van der Waals surface area contributed by atoms with E-state index in [2.05, 4.69) is 9.47 Å². The Morgan fingerprint density at radius 2 is 0.857 bits per heavy atom. The molecule has 28 heavy (non-hydrogen) atoms. The summed E-state index contributed by atoms with van der Waals surface area (Å²) in [6.07, 6.45) is -11.0. The molecule has 0 aliphatic rings. The van der Waals surface area contributed by atoms with Crippen LogP contribution in [0.25, 0.3) is 0 Å². The van der Waals surface area contributed by atoms with Gasteiger partial charge in [0.05, 0.1) is 0 Å². The highest BCUT2D eigenvalue weighted by Gasteiger charge is 2.33. The van der Waals surface area contributed by atoms with Crippen molar-refractivity contribution in [3.63, 3.8) is 0 Å². The Morgan fingerprint density at radius 3 is 1.11 bits per heavy atom. The maximum atomic E-state index is 11.3. The average Bonchev–Trinajstić information content (AvgIpc) is 2.62. The molecule has 0 spiro atoms. The SMILES string of the molecule is O=C(CCCCC(=O)OC(=O)C(O)C(O)C(=O)O)OC(=O)C(O)C(O)C(=O)O. The van der Waals surface area contributed by atoms with Gasteiger partial charge in [-0.2, -0.15) is 0 Å². The van der Waals surface area contributed by atoms with Crippen molar-refractivity contribution in [3.05, 3.63) is 0 Å². The molecule has 0 fully saturated rings. The van der Waals surface area contributed by atoms with E-state index in [9.17, 15) is 28.8 Å². The Bertz CT molecular complexity index is 572. The van der Waals surface area contributed by atoms with E-state index < -0.39 is 73.1 Å². The van der Waals surface area contributed by atoms with E-state index >= 15 is 0 Å². The summed E-state index contributed by atoms with van der Waals surface area (Å²) < 4.78 is 8.19. The number of unbranched alkanes of at least 4 members (excludes halogenated alkanes) is 1. The molecule has 0 amide bonds. The summed E-state index contributed by atoms with van der Waals surface area (Å²) in [5, 5.41) is 52.9. The molecule has 0 heterocycles. The van der Waals surface area contributed by atoms with Gasteiger partial charge in [-0.25, -0.2) is 19.2 Å². The van der Waals surface area contributed by atoms with Crippen LogP contribution in [0.1, 0.15) is 25.7 Å². The van der Waals surface area contributed by atoms with Crippen LogP contribution in [0.3, 0.4) is 0 Å². The van der Waals surface area contributed by atoms with E-state index in [4.69, 9.17) is 30.6 Å². The second-order valence-electron chi connectivity index (χ2n) is 5.25. The molecular formula is C14H18O14.